The Kier molecular flexibility index (Phi) is 3.36. The number of ether oxygens (including phenoxy) is 1. The first-order valence-electron chi connectivity index (χ1n) is 6.66. The number of nitrogens with zero attached hydrogens (tertiary/aromatic N) is 2. The number of anilines is 1. The summed E-state index contributed by atoms with van der Waals surface area (Å²) in [5.74, 6) is 0.886. The minimum atomic E-state index is -0.519. The van der Waals surface area contributed by atoms with Crippen LogP contribution in [-0.4, -0.2) is 36.4 Å². The molecule has 0 radical (unpaired) electrons. The Morgan fingerprint density at radius 3 is 2.74 bits per heavy atom. The van der Waals surface area contributed by atoms with Crippen molar-refractivity contribution in [1.82, 2.24) is 4.98 Å². The van der Waals surface area contributed by atoms with E-state index < -0.39 is 6.10 Å². The molecule has 1 aromatic carbocycles. The topological polar surface area (TPSA) is 45.6 Å². The lowest BCUT2D eigenvalue weighted by molar-refractivity contribution is 0.122. The minimum absolute atomic E-state index is 0.519. The van der Waals surface area contributed by atoms with Gasteiger partial charge in [-0.3, -0.25) is 0 Å². The molecule has 19 heavy (non-hydrogen) atoms. The van der Waals surface area contributed by atoms with Crippen molar-refractivity contribution in [3.8, 4) is 0 Å². The van der Waals surface area contributed by atoms with Crippen molar-refractivity contribution in [2.45, 2.75) is 13.0 Å². The third kappa shape index (κ3) is 2.41. The molecule has 1 aromatic heterocycles. The minimum Gasteiger partial charge on any atom is -0.389 e. The maximum atomic E-state index is 10.00. The van der Waals surface area contributed by atoms with E-state index in [1.54, 1.807) is 6.92 Å². The standard InChI is InChI=1S/C15H18N2O2/c1-11(18)13-10-12-4-2-3-5-14(12)16-15(13)17-6-8-19-9-7-17/h2-5,10-11,18H,6-9H2,1H3. The van der Waals surface area contributed by atoms with Gasteiger partial charge in [0.15, 0.2) is 0 Å². The van der Waals surface area contributed by atoms with Crippen molar-refractivity contribution < 1.29 is 9.84 Å². The molecule has 0 bridgehead atoms. The molecule has 1 aliphatic heterocycles. The fraction of sp³-hybridized carbons (Fsp3) is 0.400. The van der Waals surface area contributed by atoms with E-state index in [1.165, 1.54) is 0 Å². The second-order valence-corrected chi connectivity index (χ2v) is 4.87. The van der Waals surface area contributed by atoms with Crippen LogP contribution in [0.1, 0.15) is 18.6 Å². The molecule has 1 aliphatic rings. The fourth-order valence-electron chi connectivity index (χ4n) is 2.46. The van der Waals surface area contributed by atoms with Crippen molar-refractivity contribution >= 4 is 16.7 Å². The van der Waals surface area contributed by atoms with Gasteiger partial charge in [0.2, 0.25) is 0 Å². The van der Waals surface area contributed by atoms with Gasteiger partial charge in [-0.1, -0.05) is 18.2 Å². The van der Waals surface area contributed by atoms with Gasteiger partial charge >= 0.3 is 0 Å². The largest absolute Gasteiger partial charge is 0.389 e. The molecule has 0 aliphatic carbocycles. The van der Waals surface area contributed by atoms with Crippen LogP contribution in [0, 0.1) is 0 Å². The highest BCUT2D eigenvalue weighted by atomic mass is 16.5. The van der Waals surface area contributed by atoms with Crippen LogP contribution < -0.4 is 4.90 Å². The van der Waals surface area contributed by atoms with Crippen LogP contribution in [0.25, 0.3) is 10.9 Å². The van der Waals surface area contributed by atoms with E-state index in [4.69, 9.17) is 9.72 Å². The normalized spacial score (nSPS) is 17.7. The van der Waals surface area contributed by atoms with E-state index in [-0.39, 0.29) is 0 Å². The Balaban J connectivity index is 2.11. The summed E-state index contributed by atoms with van der Waals surface area (Å²) < 4.78 is 5.38. The highest BCUT2D eigenvalue weighted by Gasteiger charge is 2.19. The second kappa shape index (κ2) is 5.15. The van der Waals surface area contributed by atoms with E-state index >= 15 is 0 Å². The van der Waals surface area contributed by atoms with Gasteiger partial charge in [0, 0.05) is 24.0 Å². The molecule has 3 rings (SSSR count). The van der Waals surface area contributed by atoms with Gasteiger partial charge in [-0.25, -0.2) is 4.98 Å². The van der Waals surface area contributed by atoms with Gasteiger partial charge in [-0.05, 0) is 19.1 Å². The van der Waals surface area contributed by atoms with Crippen molar-refractivity contribution in [2.24, 2.45) is 0 Å². The summed E-state index contributed by atoms with van der Waals surface area (Å²) >= 11 is 0. The quantitative estimate of drug-likeness (QED) is 0.896. The SMILES string of the molecule is CC(O)c1cc2ccccc2nc1N1CCOCC1. The summed E-state index contributed by atoms with van der Waals surface area (Å²) in [7, 11) is 0. The van der Waals surface area contributed by atoms with Crippen LogP contribution in [0.3, 0.4) is 0 Å². The zero-order valence-corrected chi connectivity index (χ0v) is 11.0. The summed E-state index contributed by atoms with van der Waals surface area (Å²) in [6, 6.07) is 10.0. The van der Waals surface area contributed by atoms with Crippen molar-refractivity contribution in [3.63, 3.8) is 0 Å². The van der Waals surface area contributed by atoms with E-state index in [9.17, 15) is 5.11 Å². The van der Waals surface area contributed by atoms with E-state index in [0.717, 1.165) is 35.4 Å². The molecule has 2 aromatic rings. The molecular formula is C15H18N2O2. The van der Waals surface area contributed by atoms with Crippen molar-refractivity contribution in [3.05, 3.63) is 35.9 Å². The Hall–Kier alpha value is -1.65. The van der Waals surface area contributed by atoms with E-state index in [2.05, 4.69) is 4.90 Å². The monoisotopic (exact) mass is 258 g/mol. The molecule has 1 saturated heterocycles. The summed E-state index contributed by atoms with van der Waals surface area (Å²) in [5.41, 5.74) is 1.86. The molecule has 1 N–H and O–H groups in total. The zero-order chi connectivity index (χ0) is 13.2. The number of hydrogen-bond donors (Lipinski definition) is 1. The number of aliphatic hydroxyl groups is 1. The number of benzene rings is 1. The van der Waals surface area contributed by atoms with Gasteiger partial charge in [-0.15, -0.1) is 0 Å². The predicted octanol–water partition coefficient (Wildman–Crippen LogP) is 2.12. The highest BCUT2D eigenvalue weighted by molar-refractivity contribution is 5.82. The maximum Gasteiger partial charge on any atom is 0.135 e. The maximum absolute atomic E-state index is 10.00. The molecule has 0 saturated carbocycles. The molecule has 4 nitrogen and oxygen atoms in total. The van der Waals surface area contributed by atoms with Crippen LogP contribution in [-0.2, 0) is 4.74 Å². The Morgan fingerprint density at radius 1 is 1.26 bits per heavy atom. The number of pyridine rings is 1. The van der Waals surface area contributed by atoms with Crippen LogP contribution in [0.4, 0.5) is 5.82 Å². The predicted molar refractivity (Wildman–Crippen MR) is 75.4 cm³/mol. The first-order valence-corrected chi connectivity index (χ1v) is 6.66. The van der Waals surface area contributed by atoms with E-state index in [0.29, 0.717) is 13.2 Å². The number of para-hydroxylation sites is 1. The second-order valence-electron chi connectivity index (χ2n) is 4.87. The zero-order valence-electron chi connectivity index (χ0n) is 11.0. The van der Waals surface area contributed by atoms with E-state index in [1.807, 2.05) is 30.3 Å². The number of aliphatic hydroxyl groups excluding tert-OH is 1. The molecular weight excluding hydrogens is 240 g/mol. The molecule has 1 fully saturated rings. The smallest absolute Gasteiger partial charge is 0.135 e. The lowest BCUT2D eigenvalue weighted by Gasteiger charge is -2.30. The van der Waals surface area contributed by atoms with Crippen LogP contribution in [0.15, 0.2) is 30.3 Å². The molecule has 2 heterocycles. The van der Waals surface area contributed by atoms with Gasteiger partial charge in [-0.2, -0.15) is 0 Å². The van der Waals surface area contributed by atoms with Crippen LogP contribution in [0.5, 0.6) is 0 Å². The molecule has 0 spiro atoms. The lowest BCUT2D eigenvalue weighted by atomic mass is 10.1. The number of hydrogen-bond acceptors (Lipinski definition) is 4. The highest BCUT2D eigenvalue weighted by Crippen LogP contribution is 2.28. The van der Waals surface area contributed by atoms with Crippen LogP contribution in [0.2, 0.25) is 0 Å². The van der Waals surface area contributed by atoms with Crippen molar-refractivity contribution in [2.75, 3.05) is 31.2 Å². The number of aromatic nitrogens is 1. The third-order valence-corrected chi connectivity index (χ3v) is 3.49. The Bertz CT molecular complexity index is 577. The number of fused-ring (bicyclic) bond motifs is 1. The lowest BCUT2D eigenvalue weighted by Crippen LogP contribution is -2.37. The van der Waals surface area contributed by atoms with Gasteiger partial charge in [0.05, 0.1) is 24.8 Å². The number of rotatable bonds is 2. The summed E-state index contributed by atoms with van der Waals surface area (Å²) in [6.07, 6.45) is -0.519. The Labute approximate surface area is 112 Å². The average Bonchev–Trinajstić information content (AvgIpc) is 2.46. The average molecular weight is 258 g/mol. The molecule has 1 unspecified atom stereocenters. The van der Waals surface area contributed by atoms with Gasteiger partial charge < -0.3 is 14.7 Å². The van der Waals surface area contributed by atoms with Crippen molar-refractivity contribution in [1.29, 1.82) is 0 Å². The molecule has 100 valence electrons. The fourth-order valence-corrected chi connectivity index (χ4v) is 2.46. The molecule has 1 atom stereocenters. The third-order valence-electron chi connectivity index (χ3n) is 3.49. The first-order chi connectivity index (χ1) is 9.25. The number of morpholine rings is 1. The molecule has 4 heteroatoms. The Morgan fingerprint density at radius 2 is 2.00 bits per heavy atom. The first kappa shape index (κ1) is 12.4. The van der Waals surface area contributed by atoms with Gasteiger partial charge in [0.1, 0.15) is 5.82 Å². The van der Waals surface area contributed by atoms with Crippen LogP contribution >= 0.6 is 0 Å². The summed E-state index contributed by atoms with van der Waals surface area (Å²) in [6.45, 7) is 4.87. The van der Waals surface area contributed by atoms with Gasteiger partial charge in [0.25, 0.3) is 0 Å². The summed E-state index contributed by atoms with van der Waals surface area (Å²) in [4.78, 5) is 6.92. The summed E-state index contributed by atoms with van der Waals surface area (Å²) in [5, 5.41) is 11.1. The molecule has 0 amide bonds.